The van der Waals surface area contributed by atoms with Gasteiger partial charge in [0.15, 0.2) is 0 Å². The van der Waals surface area contributed by atoms with Gasteiger partial charge in [0.05, 0.1) is 18.3 Å². The molecule has 5 nitrogen and oxygen atoms in total. The average molecular weight is 440 g/mol. The number of piperazine rings is 1. The summed E-state index contributed by atoms with van der Waals surface area (Å²) >= 11 is 0. The fourth-order valence-corrected chi connectivity index (χ4v) is 4.85. The number of aromatic amines is 1. The molecule has 4 aromatic rings. The highest BCUT2D eigenvalue weighted by Crippen LogP contribution is 2.40. The van der Waals surface area contributed by atoms with Crippen LogP contribution >= 0.6 is 0 Å². The molecule has 0 aliphatic carbocycles. The molecule has 33 heavy (non-hydrogen) atoms. The number of fused-ring (bicyclic) bond motifs is 1. The third-order valence-electron chi connectivity index (χ3n) is 6.40. The van der Waals surface area contributed by atoms with E-state index >= 15 is 0 Å². The number of nitrogens with zero attached hydrogens (tertiary/aromatic N) is 2. The Labute approximate surface area is 194 Å². The molecule has 3 aromatic carbocycles. The first-order chi connectivity index (χ1) is 16.3. The van der Waals surface area contributed by atoms with E-state index in [0.29, 0.717) is 19.7 Å². The predicted octanol–water partition coefficient (Wildman–Crippen LogP) is 5.70. The Hall–Kier alpha value is -3.57. The summed E-state index contributed by atoms with van der Waals surface area (Å²) < 4.78 is 5.23. The number of carbonyl (C=O) groups is 1. The third kappa shape index (κ3) is 4.24. The van der Waals surface area contributed by atoms with Crippen LogP contribution < -0.4 is 0 Å². The van der Waals surface area contributed by atoms with Crippen LogP contribution in [0.2, 0.25) is 0 Å². The Bertz CT molecular complexity index is 1210. The fraction of sp³-hybridized carbons (Fsp3) is 0.250. The largest absolute Gasteiger partial charge is 0.450 e. The highest BCUT2D eigenvalue weighted by atomic mass is 16.6. The molecule has 5 rings (SSSR count). The molecule has 1 unspecified atom stereocenters. The summed E-state index contributed by atoms with van der Waals surface area (Å²) in [6, 6.07) is 29.8. The normalized spacial score (nSPS) is 15.5. The second-order valence-corrected chi connectivity index (χ2v) is 8.36. The Morgan fingerprint density at radius 1 is 0.879 bits per heavy atom. The van der Waals surface area contributed by atoms with E-state index in [1.165, 1.54) is 22.1 Å². The van der Waals surface area contributed by atoms with Gasteiger partial charge in [0.2, 0.25) is 0 Å². The van der Waals surface area contributed by atoms with Crippen LogP contribution in [0.1, 0.15) is 24.1 Å². The van der Waals surface area contributed by atoms with Crippen molar-refractivity contribution in [2.45, 2.75) is 13.0 Å². The number of amides is 1. The first-order valence-electron chi connectivity index (χ1n) is 11.6. The second-order valence-electron chi connectivity index (χ2n) is 8.36. The van der Waals surface area contributed by atoms with Crippen molar-refractivity contribution < 1.29 is 9.53 Å². The number of ether oxygens (including phenoxy) is 1. The molecule has 1 saturated heterocycles. The van der Waals surface area contributed by atoms with E-state index in [4.69, 9.17) is 4.74 Å². The van der Waals surface area contributed by atoms with E-state index in [1.807, 2.05) is 11.8 Å². The third-order valence-corrected chi connectivity index (χ3v) is 6.40. The minimum Gasteiger partial charge on any atom is -0.450 e. The van der Waals surface area contributed by atoms with E-state index in [1.54, 1.807) is 0 Å². The van der Waals surface area contributed by atoms with Crippen LogP contribution in [0.25, 0.3) is 22.2 Å². The summed E-state index contributed by atoms with van der Waals surface area (Å²) in [6.07, 6.45) is -0.217. The Balaban J connectivity index is 1.60. The van der Waals surface area contributed by atoms with Crippen LogP contribution in [-0.4, -0.2) is 53.7 Å². The SMILES string of the molecule is CCOC(=O)N1CCN(C(c2ccccc2)c2c(-c3ccccc3)[nH]c3ccccc23)CC1. The number of hydrogen-bond donors (Lipinski definition) is 1. The first-order valence-corrected chi connectivity index (χ1v) is 11.6. The van der Waals surface area contributed by atoms with E-state index in [9.17, 15) is 4.79 Å². The topological polar surface area (TPSA) is 48.6 Å². The summed E-state index contributed by atoms with van der Waals surface area (Å²) in [4.78, 5) is 20.3. The molecule has 0 saturated carbocycles. The average Bonchev–Trinajstić information content (AvgIpc) is 3.25. The summed E-state index contributed by atoms with van der Waals surface area (Å²) in [6.45, 7) is 5.14. The Morgan fingerprint density at radius 3 is 2.21 bits per heavy atom. The molecule has 1 atom stereocenters. The van der Waals surface area contributed by atoms with Crippen molar-refractivity contribution in [3.8, 4) is 11.3 Å². The smallest absolute Gasteiger partial charge is 0.409 e. The molecule has 1 N–H and O–H groups in total. The second kappa shape index (κ2) is 9.51. The number of rotatable bonds is 5. The maximum absolute atomic E-state index is 12.3. The van der Waals surface area contributed by atoms with Crippen LogP contribution in [0.3, 0.4) is 0 Å². The number of nitrogens with one attached hydrogen (secondary N) is 1. The zero-order chi connectivity index (χ0) is 22.6. The maximum atomic E-state index is 12.3. The van der Waals surface area contributed by atoms with Gasteiger partial charge in [-0.1, -0.05) is 78.9 Å². The van der Waals surface area contributed by atoms with Gasteiger partial charge in [0, 0.05) is 42.6 Å². The summed E-state index contributed by atoms with van der Waals surface area (Å²) in [5.74, 6) is 0. The molecule has 5 heteroatoms. The lowest BCUT2D eigenvalue weighted by Crippen LogP contribution is -2.50. The van der Waals surface area contributed by atoms with Crippen LogP contribution in [-0.2, 0) is 4.74 Å². The van der Waals surface area contributed by atoms with Crippen molar-refractivity contribution in [3.05, 3.63) is 96.1 Å². The summed E-state index contributed by atoms with van der Waals surface area (Å²) in [5, 5.41) is 1.23. The Kier molecular flexibility index (Phi) is 6.13. The number of hydrogen-bond acceptors (Lipinski definition) is 3. The zero-order valence-electron chi connectivity index (χ0n) is 18.9. The molecular formula is C28H29N3O2. The van der Waals surface area contributed by atoms with Gasteiger partial charge in [-0.2, -0.15) is 0 Å². The standard InChI is InChI=1S/C28H29N3O2/c1-2-33-28(32)31-19-17-30(18-20-31)27(22-13-7-4-8-14-22)25-23-15-9-10-16-24(23)29-26(25)21-11-5-3-6-12-21/h3-16,27,29H,2,17-20H2,1H3. The number of aromatic nitrogens is 1. The number of para-hydroxylation sites is 1. The molecule has 0 radical (unpaired) electrons. The molecule has 1 aliphatic heterocycles. The van der Waals surface area contributed by atoms with E-state index in [0.717, 1.165) is 24.3 Å². The Morgan fingerprint density at radius 2 is 1.52 bits per heavy atom. The first kappa shape index (κ1) is 21.3. The lowest BCUT2D eigenvalue weighted by molar-refractivity contribution is 0.0717. The van der Waals surface area contributed by atoms with Gasteiger partial charge in [-0.05, 0) is 24.1 Å². The van der Waals surface area contributed by atoms with Crippen LogP contribution in [0.5, 0.6) is 0 Å². The van der Waals surface area contributed by atoms with Gasteiger partial charge in [-0.15, -0.1) is 0 Å². The fourth-order valence-electron chi connectivity index (χ4n) is 4.85. The molecule has 0 spiro atoms. The monoisotopic (exact) mass is 439 g/mol. The van der Waals surface area contributed by atoms with Crippen LogP contribution in [0.4, 0.5) is 4.79 Å². The van der Waals surface area contributed by atoms with Gasteiger partial charge in [0.1, 0.15) is 0 Å². The van der Waals surface area contributed by atoms with Crippen molar-refractivity contribution in [2.24, 2.45) is 0 Å². The lowest BCUT2D eigenvalue weighted by Gasteiger charge is -2.39. The number of H-pyrrole nitrogens is 1. The molecule has 168 valence electrons. The van der Waals surface area contributed by atoms with E-state index in [2.05, 4.69) is 94.8 Å². The van der Waals surface area contributed by atoms with Gasteiger partial charge < -0.3 is 14.6 Å². The summed E-state index contributed by atoms with van der Waals surface area (Å²) in [7, 11) is 0. The number of carbonyl (C=O) groups excluding carboxylic acids is 1. The molecule has 0 bridgehead atoms. The minimum absolute atomic E-state index is 0.0712. The van der Waals surface area contributed by atoms with Gasteiger partial charge in [-0.3, -0.25) is 4.90 Å². The van der Waals surface area contributed by atoms with Crippen molar-refractivity contribution in [1.29, 1.82) is 0 Å². The lowest BCUT2D eigenvalue weighted by atomic mass is 9.92. The van der Waals surface area contributed by atoms with Crippen molar-refractivity contribution >= 4 is 17.0 Å². The molecular weight excluding hydrogens is 410 g/mol. The van der Waals surface area contributed by atoms with Crippen molar-refractivity contribution in [2.75, 3.05) is 32.8 Å². The van der Waals surface area contributed by atoms with Gasteiger partial charge >= 0.3 is 6.09 Å². The van der Waals surface area contributed by atoms with Crippen LogP contribution in [0, 0.1) is 0 Å². The minimum atomic E-state index is -0.217. The highest BCUT2D eigenvalue weighted by molar-refractivity contribution is 5.92. The molecule has 1 aromatic heterocycles. The van der Waals surface area contributed by atoms with Crippen LogP contribution in [0.15, 0.2) is 84.9 Å². The molecule has 1 amide bonds. The zero-order valence-corrected chi connectivity index (χ0v) is 18.9. The maximum Gasteiger partial charge on any atom is 0.409 e. The highest BCUT2D eigenvalue weighted by Gasteiger charge is 2.32. The van der Waals surface area contributed by atoms with E-state index < -0.39 is 0 Å². The quantitative estimate of drug-likeness (QED) is 0.434. The molecule has 2 heterocycles. The predicted molar refractivity (Wildman–Crippen MR) is 132 cm³/mol. The molecule has 1 aliphatic rings. The van der Waals surface area contributed by atoms with Gasteiger partial charge in [0.25, 0.3) is 0 Å². The van der Waals surface area contributed by atoms with E-state index in [-0.39, 0.29) is 12.1 Å². The van der Waals surface area contributed by atoms with Crippen molar-refractivity contribution in [1.82, 2.24) is 14.8 Å². The number of benzene rings is 3. The van der Waals surface area contributed by atoms with Crippen molar-refractivity contribution in [3.63, 3.8) is 0 Å². The van der Waals surface area contributed by atoms with Gasteiger partial charge in [-0.25, -0.2) is 4.79 Å². The summed E-state index contributed by atoms with van der Waals surface area (Å²) in [5.41, 5.74) is 6.00. The molecule has 1 fully saturated rings.